The van der Waals surface area contributed by atoms with Gasteiger partial charge in [-0.2, -0.15) is 5.10 Å². The van der Waals surface area contributed by atoms with E-state index in [1.807, 2.05) is 19.1 Å². The lowest BCUT2D eigenvalue weighted by atomic mass is 9.63. The molecule has 12 heteroatoms. The number of hydrogen-bond donors (Lipinski definition) is 2. The number of rotatable bonds is 1. The predicted molar refractivity (Wildman–Crippen MR) is 180 cm³/mol. The number of aryl methyl sites for hydroxylation is 2. The first-order valence-electron chi connectivity index (χ1n) is 16.5. The van der Waals surface area contributed by atoms with Crippen LogP contribution in [0.1, 0.15) is 73.3 Å². The van der Waals surface area contributed by atoms with Crippen LogP contribution in [-0.4, -0.2) is 59.1 Å². The molecule has 1 saturated carbocycles. The van der Waals surface area contributed by atoms with Crippen molar-refractivity contribution in [1.82, 2.24) is 19.5 Å². The van der Waals surface area contributed by atoms with E-state index in [0.29, 0.717) is 42.7 Å². The highest BCUT2D eigenvalue weighted by atomic mass is 35.5. The van der Waals surface area contributed by atoms with Gasteiger partial charge in [0.2, 0.25) is 10.0 Å². The second kappa shape index (κ2) is 11.9. The monoisotopic (exact) mass is 679 g/mol. The van der Waals surface area contributed by atoms with Crippen LogP contribution in [0, 0.1) is 17.8 Å². The number of fused-ring (bicyclic) bond motifs is 4. The quantitative estimate of drug-likeness (QED) is 0.348. The second-order valence-corrected chi connectivity index (χ2v) is 16.5. The minimum atomic E-state index is -4.00. The fraction of sp³-hybridized carbons (Fsp3) is 0.514. The minimum absolute atomic E-state index is 0.0970. The van der Waals surface area contributed by atoms with E-state index >= 15 is 0 Å². The highest BCUT2D eigenvalue weighted by molar-refractivity contribution is 7.90. The molecule has 47 heavy (non-hydrogen) atoms. The Bertz CT molecular complexity index is 1840. The summed E-state index contributed by atoms with van der Waals surface area (Å²) in [4.78, 5) is 20.3. The van der Waals surface area contributed by atoms with Crippen LogP contribution >= 0.6 is 11.6 Å². The number of nitrogens with zero attached hydrogens (tertiary/aromatic N) is 4. The number of aromatic nitrogens is 3. The summed E-state index contributed by atoms with van der Waals surface area (Å²) in [5, 5.41) is 16.6. The topological polar surface area (TPSA) is 127 Å². The molecule has 250 valence electrons. The predicted octanol–water partition coefficient (Wildman–Crippen LogP) is 4.90. The summed E-state index contributed by atoms with van der Waals surface area (Å²) in [6, 6.07) is 11.3. The van der Waals surface area contributed by atoms with E-state index in [0.717, 1.165) is 37.8 Å². The van der Waals surface area contributed by atoms with Crippen molar-refractivity contribution in [1.29, 1.82) is 0 Å². The number of aliphatic hydroxyl groups is 1. The molecule has 2 N–H and O–H groups in total. The molecule has 4 aliphatic rings. The Labute approximate surface area is 281 Å². The van der Waals surface area contributed by atoms with Gasteiger partial charge in [0.1, 0.15) is 17.7 Å². The van der Waals surface area contributed by atoms with Gasteiger partial charge in [-0.15, -0.1) is 0 Å². The van der Waals surface area contributed by atoms with Crippen LogP contribution in [0.4, 0.5) is 5.69 Å². The maximum atomic E-state index is 13.5. The van der Waals surface area contributed by atoms with Crippen LogP contribution in [0.3, 0.4) is 0 Å². The maximum Gasteiger partial charge on any atom is 0.264 e. The Kier molecular flexibility index (Phi) is 8.16. The fourth-order valence-electron chi connectivity index (χ4n) is 8.17. The highest BCUT2D eigenvalue weighted by Gasteiger charge is 2.50. The van der Waals surface area contributed by atoms with Crippen molar-refractivity contribution in [2.45, 2.75) is 68.6 Å². The van der Waals surface area contributed by atoms with Crippen LogP contribution < -0.4 is 14.4 Å². The number of amides is 1. The van der Waals surface area contributed by atoms with E-state index < -0.39 is 26.8 Å². The molecule has 3 aromatic rings. The number of sulfonamides is 1. The third-order valence-electron chi connectivity index (χ3n) is 11.2. The van der Waals surface area contributed by atoms with E-state index in [-0.39, 0.29) is 28.7 Å². The highest BCUT2D eigenvalue weighted by Crippen LogP contribution is 2.50. The number of halogens is 1. The van der Waals surface area contributed by atoms with Crippen molar-refractivity contribution >= 4 is 33.2 Å². The Morgan fingerprint density at radius 2 is 1.98 bits per heavy atom. The zero-order valence-corrected chi connectivity index (χ0v) is 28.6. The lowest BCUT2D eigenvalue weighted by Gasteiger charge is -2.48. The molecule has 1 fully saturated rings. The first-order chi connectivity index (χ1) is 22.4. The smallest absolute Gasteiger partial charge is 0.264 e. The van der Waals surface area contributed by atoms with Crippen molar-refractivity contribution in [3.05, 3.63) is 82.4 Å². The summed E-state index contributed by atoms with van der Waals surface area (Å²) in [5.74, 6) is 0.0552. The Balaban J connectivity index is 1.35. The average Bonchev–Trinajstić information content (AvgIpc) is 3.40. The average molecular weight is 680 g/mol. The zero-order chi connectivity index (χ0) is 33.1. The Morgan fingerprint density at radius 1 is 1.15 bits per heavy atom. The molecular formula is C35H42ClN5O5S. The van der Waals surface area contributed by atoms with Crippen molar-refractivity contribution < 1.29 is 23.1 Å². The van der Waals surface area contributed by atoms with Gasteiger partial charge in [-0.05, 0) is 105 Å². The summed E-state index contributed by atoms with van der Waals surface area (Å²) < 4.78 is 37.3. The SMILES string of the molecule is C[C@@H]1[C@@H](C)C/C=C/[C@@](O)(c2ncnn2C)[C@@H]2CC[C@H]2CN2C[C@@]3(CCCc4cc(Cl)ccc43)COc3ccc(cc32)C(=O)NS1(=O)=O. The molecule has 1 aromatic heterocycles. The van der Waals surface area contributed by atoms with Crippen LogP contribution in [-0.2, 0) is 34.5 Å². The number of nitrogens with one attached hydrogen (secondary N) is 1. The molecule has 10 nitrogen and oxygen atoms in total. The molecular weight excluding hydrogens is 638 g/mol. The van der Waals surface area contributed by atoms with Gasteiger partial charge in [0.15, 0.2) is 5.82 Å². The maximum absolute atomic E-state index is 13.5. The number of allylic oxidation sites excluding steroid dienone is 1. The molecule has 2 aliphatic carbocycles. The zero-order valence-electron chi connectivity index (χ0n) is 27.0. The minimum Gasteiger partial charge on any atom is -0.490 e. The molecule has 0 saturated heterocycles. The third kappa shape index (κ3) is 5.64. The number of hydrogen-bond acceptors (Lipinski definition) is 8. The number of ether oxygens (including phenoxy) is 1. The standard InChI is InChI=1S/C35H42ClN5O5S/c1-22-6-4-15-35(43,33-37-21-38-40(33)3)29-11-8-26(29)18-41-19-34(14-5-7-24-16-27(36)10-12-28(24)34)20-46-31-13-9-25(17-30(31)41)32(42)39-47(44,45)23(22)2/h4,9-10,12-13,15-17,21-23,26,29,43H,5-8,11,14,18-20H2,1-3H3,(H,39,42)/b15-4+/t22-,23+,26-,29+,34-,35-/m0/s1. The summed E-state index contributed by atoms with van der Waals surface area (Å²) in [6.45, 7) is 5.14. The largest absolute Gasteiger partial charge is 0.490 e. The first kappa shape index (κ1) is 32.2. The molecule has 2 aromatic carbocycles. The van der Waals surface area contributed by atoms with Gasteiger partial charge >= 0.3 is 0 Å². The normalized spacial score (nSPS) is 32.6. The summed E-state index contributed by atoms with van der Waals surface area (Å²) in [6.07, 6.45) is 10.1. The van der Waals surface area contributed by atoms with Crippen LogP contribution in [0.2, 0.25) is 5.02 Å². The van der Waals surface area contributed by atoms with Gasteiger partial charge in [-0.1, -0.05) is 30.7 Å². The van der Waals surface area contributed by atoms with Gasteiger partial charge in [0.05, 0.1) is 17.5 Å². The van der Waals surface area contributed by atoms with Gasteiger partial charge in [-0.25, -0.2) is 18.1 Å². The van der Waals surface area contributed by atoms with Crippen LogP contribution in [0.15, 0.2) is 54.9 Å². The molecule has 3 heterocycles. The Morgan fingerprint density at radius 3 is 2.72 bits per heavy atom. The van der Waals surface area contributed by atoms with E-state index in [4.69, 9.17) is 16.3 Å². The molecule has 1 spiro atoms. The number of anilines is 1. The van der Waals surface area contributed by atoms with Crippen LogP contribution in [0.25, 0.3) is 0 Å². The van der Waals surface area contributed by atoms with Crippen molar-refractivity contribution in [2.75, 3.05) is 24.6 Å². The molecule has 0 radical (unpaired) electrons. The lowest BCUT2D eigenvalue weighted by molar-refractivity contribution is -0.0582. The summed E-state index contributed by atoms with van der Waals surface area (Å²) in [7, 11) is -2.22. The van der Waals surface area contributed by atoms with Crippen molar-refractivity contribution in [2.24, 2.45) is 24.8 Å². The second-order valence-electron chi connectivity index (χ2n) is 14.1. The number of carbonyl (C=O) groups is 1. The van der Waals surface area contributed by atoms with Crippen LogP contribution in [0.5, 0.6) is 5.75 Å². The van der Waals surface area contributed by atoms with E-state index in [9.17, 15) is 18.3 Å². The summed E-state index contributed by atoms with van der Waals surface area (Å²) in [5.41, 5.74) is 1.72. The summed E-state index contributed by atoms with van der Waals surface area (Å²) >= 11 is 6.43. The van der Waals surface area contributed by atoms with E-state index in [1.165, 1.54) is 17.5 Å². The fourth-order valence-corrected chi connectivity index (χ4v) is 9.65. The van der Waals surface area contributed by atoms with Gasteiger partial charge in [-0.3, -0.25) is 9.48 Å². The Hall–Kier alpha value is -3.41. The van der Waals surface area contributed by atoms with E-state index in [2.05, 4.69) is 31.8 Å². The van der Waals surface area contributed by atoms with Crippen molar-refractivity contribution in [3.63, 3.8) is 0 Å². The van der Waals surface area contributed by atoms with Gasteiger partial charge in [0, 0.05) is 42.1 Å². The molecule has 2 bridgehead atoms. The first-order valence-corrected chi connectivity index (χ1v) is 18.4. The molecule has 2 aliphatic heterocycles. The third-order valence-corrected chi connectivity index (χ3v) is 13.4. The molecule has 1 amide bonds. The van der Waals surface area contributed by atoms with Crippen molar-refractivity contribution in [3.8, 4) is 5.75 Å². The van der Waals surface area contributed by atoms with Gasteiger partial charge in [0.25, 0.3) is 5.91 Å². The lowest BCUT2D eigenvalue weighted by Crippen LogP contribution is -2.52. The number of carbonyl (C=O) groups excluding carboxylic acids is 1. The van der Waals surface area contributed by atoms with Gasteiger partial charge < -0.3 is 14.7 Å². The van der Waals surface area contributed by atoms with E-state index in [1.54, 1.807) is 42.9 Å². The molecule has 7 rings (SSSR count). The number of benzene rings is 2. The molecule has 0 unspecified atom stereocenters. The molecule has 6 atom stereocenters.